The van der Waals surface area contributed by atoms with Crippen LogP contribution < -0.4 is 0 Å². The molecule has 3 aromatic rings. The zero-order valence-corrected chi connectivity index (χ0v) is 12.3. The minimum Gasteiger partial charge on any atom is -0.455 e. The van der Waals surface area contributed by atoms with Crippen molar-refractivity contribution in [2.75, 3.05) is 0 Å². The molecule has 0 fully saturated rings. The fourth-order valence-corrected chi connectivity index (χ4v) is 2.09. The maximum Gasteiger partial charge on any atom is 0.145 e. The lowest BCUT2D eigenvalue weighted by Crippen LogP contribution is -1.76. The summed E-state index contributed by atoms with van der Waals surface area (Å²) in [5, 5.41) is 0.714. The van der Waals surface area contributed by atoms with Crippen LogP contribution >= 0.6 is 11.6 Å². The lowest BCUT2D eigenvalue weighted by molar-refractivity contribution is 0.575. The molecule has 0 N–H and O–H groups in total. The Balaban J connectivity index is 1.78. The van der Waals surface area contributed by atoms with E-state index in [2.05, 4.69) is 11.9 Å². The number of furan rings is 1. The summed E-state index contributed by atoms with van der Waals surface area (Å²) in [7, 11) is 0. The van der Waals surface area contributed by atoms with Crippen LogP contribution in [-0.4, -0.2) is 6.21 Å². The molecule has 0 bridgehead atoms. The molecule has 1 aromatic heterocycles. The Morgan fingerprint density at radius 2 is 1.62 bits per heavy atom. The number of hydrogen-bond donors (Lipinski definition) is 0. The molecule has 0 aliphatic rings. The topological polar surface area (TPSA) is 25.5 Å². The van der Waals surface area contributed by atoms with Gasteiger partial charge in [-0.3, -0.25) is 4.99 Å². The molecule has 3 heteroatoms. The minimum absolute atomic E-state index is 0.714. The summed E-state index contributed by atoms with van der Waals surface area (Å²) in [4.78, 5) is 4.40. The average Bonchev–Trinajstić information content (AvgIpc) is 2.96. The van der Waals surface area contributed by atoms with Gasteiger partial charge < -0.3 is 4.42 Å². The molecule has 21 heavy (non-hydrogen) atoms. The Hall–Kier alpha value is -2.32. The van der Waals surface area contributed by atoms with Crippen LogP contribution in [0, 0.1) is 6.92 Å². The molecule has 0 unspecified atom stereocenters. The van der Waals surface area contributed by atoms with Crippen LogP contribution in [-0.2, 0) is 0 Å². The molecule has 0 aliphatic heterocycles. The monoisotopic (exact) mass is 295 g/mol. The molecule has 0 saturated carbocycles. The van der Waals surface area contributed by atoms with Crippen molar-refractivity contribution in [1.29, 1.82) is 0 Å². The highest BCUT2D eigenvalue weighted by molar-refractivity contribution is 6.30. The van der Waals surface area contributed by atoms with Crippen molar-refractivity contribution in [2.24, 2.45) is 4.99 Å². The first-order valence-electron chi connectivity index (χ1n) is 6.67. The van der Waals surface area contributed by atoms with Gasteiger partial charge in [0.15, 0.2) is 0 Å². The van der Waals surface area contributed by atoms with Crippen LogP contribution in [0.25, 0.3) is 11.3 Å². The zero-order chi connectivity index (χ0) is 14.7. The van der Waals surface area contributed by atoms with Gasteiger partial charge in [0.1, 0.15) is 11.5 Å². The highest BCUT2D eigenvalue weighted by Crippen LogP contribution is 2.23. The molecular weight excluding hydrogens is 282 g/mol. The predicted octanol–water partition coefficient (Wildman–Crippen LogP) is 5.66. The molecule has 0 radical (unpaired) electrons. The van der Waals surface area contributed by atoms with Gasteiger partial charge in [-0.15, -0.1) is 0 Å². The summed E-state index contributed by atoms with van der Waals surface area (Å²) >= 11 is 5.88. The Bertz CT molecular complexity index is 755. The quantitative estimate of drug-likeness (QED) is 0.572. The Morgan fingerprint density at radius 1 is 0.905 bits per heavy atom. The SMILES string of the molecule is Cc1ccc(N=Cc2ccc(-c3ccc(Cl)cc3)o2)cc1. The summed E-state index contributed by atoms with van der Waals surface area (Å²) in [6.45, 7) is 2.05. The number of aliphatic imine (C=N–C) groups is 1. The third-order valence-electron chi connectivity index (χ3n) is 3.13. The first kappa shape index (κ1) is 13.7. The maximum atomic E-state index is 5.88. The number of benzene rings is 2. The van der Waals surface area contributed by atoms with Gasteiger partial charge in [-0.05, 0) is 55.5 Å². The van der Waals surface area contributed by atoms with Gasteiger partial charge in [0.2, 0.25) is 0 Å². The van der Waals surface area contributed by atoms with Crippen molar-refractivity contribution >= 4 is 23.5 Å². The number of rotatable bonds is 3. The van der Waals surface area contributed by atoms with Crippen LogP contribution in [0.1, 0.15) is 11.3 Å². The second-order valence-electron chi connectivity index (χ2n) is 4.80. The summed E-state index contributed by atoms with van der Waals surface area (Å²) in [5.74, 6) is 1.53. The summed E-state index contributed by atoms with van der Waals surface area (Å²) in [6.07, 6.45) is 1.73. The highest BCUT2D eigenvalue weighted by atomic mass is 35.5. The van der Waals surface area contributed by atoms with E-state index < -0.39 is 0 Å². The van der Waals surface area contributed by atoms with Crippen LogP contribution in [0.3, 0.4) is 0 Å². The van der Waals surface area contributed by atoms with Crippen LogP contribution in [0.5, 0.6) is 0 Å². The van der Waals surface area contributed by atoms with Crippen LogP contribution in [0.15, 0.2) is 70.1 Å². The van der Waals surface area contributed by atoms with E-state index in [0.29, 0.717) is 5.02 Å². The van der Waals surface area contributed by atoms with E-state index in [0.717, 1.165) is 22.8 Å². The third-order valence-corrected chi connectivity index (χ3v) is 3.38. The normalized spacial score (nSPS) is 11.1. The van der Waals surface area contributed by atoms with Gasteiger partial charge in [0.05, 0.1) is 11.9 Å². The van der Waals surface area contributed by atoms with Gasteiger partial charge >= 0.3 is 0 Å². The summed E-state index contributed by atoms with van der Waals surface area (Å²) in [5.41, 5.74) is 3.12. The molecule has 2 nitrogen and oxygen atoms in total. The fraction of sp³-hybridized carbons (Fsp3) is 0.0556. The van der Waals surface area contributed by atoms with Gasteiger partial charge in [0.25, 0.3) is 0 Å². The molecule has 0 atom stereocenters. The molecule has 0 saturated heterocycles. The number of hydrogen-bond acceptors (Lipinski definition) is 2. The lowest BCUT2D eigenvalue weighted by Gasteiger charge is -1.96. The largest absolute Gasteiger partial charge is 0.455 e. The predicted molar refractivity (Wildman–Crippen MR) is 87.6 cm³/mol. The van der Waals surface area contributed by atoms with E-state index in [1.165, 1.54) is 5.56 Å². The third kappa shape index (κ3) is 3.41. The van der Waals surface area contributed by atoms with Crippen LogP contribution in [0.2, 0.25) is 5.02 Å². The lowest BCUT2D eigenvalue weighted by atomic mass is 10.2. The summed E-state index contributed by atoms with van der Waals surface area (Å²) < 4.78 is 5.76. The molecule has 1 heterocycles. The van der Waals surface area contributed by atoms with Gasteiger partial charge in [-0.25, -0.2) is 0 Å². The van der Waals surface area contributed by atoms with E-state index in [1.807, 2.05) is 60.7 Å². The van der Waals surface area contributed by atoms with Gasteiger partial charge in [0, 0.05) is 10.6 Å². The van der Waals surface area contributed by atoms with Crippen molar-refractivity contribution in [3.05, 3.63) is 77.0 Å². The van der Waals surface area contributed by atoms with E-state index in [-0.39, 0.29) is 0 Å². The van der Waals surface area contributed by atoms with E-state index in [9.17, 15) is 0 Å². The first-order chi connectivity index (χ1) is 10.2. The van der Waals surface area contributed by atoms with Crippen LogP contribution in [0.4, 0.5) is 5.69 Å². The van der Waals surface area contributed by atoms with Crippen molar-refractivity contribution in [2.45, 2.75) is 6.92 Å². The van der Waals surface area contributed by atoms with E-state index in [4.69, 9.17) is 16.0 Å². The second kappa shape index (κ2) is 5.98. The number of aryl methyl sites for hydroxylation is 1. The molecule has 104 valence electrons. The van der Waals surface area contributed by atoms with Crippen molar-refractivity contribution in [1.82, 2.24) is 0 Å². The molecule has 0 amide bonds. The van der Waals surface area contributed by atoms with Gasteiger partial charge in [-0.1, -0.05) is 29.3 Å². The van der Waals surface area contributed by atoms with E-state index >= 15 is 0 Å². The van der Waals surface area contributed by atoms with Crippen molar-refractivity contribution < 1.29 is 4.42 Å². The van der Waals surface area contributed by atoms with E-state index in [1.54, 1.807) is 6.21 Å². The zero-order valence-electron chi connectivity index (χ0n) is 11.6. The highest BCUT2D eigenvalue weighted by Gasteiger charge is 2.03. The van der Waals surface area contributed by atoms with Crippen molar-refractivity contribution in [3.8, 4) is 11.3 Å². The second-order valence-corrected chi connectivity index (χ2v) is 5.24. The average molecular weight is 296 g/mol. The molecule has 0 spiro atoms. The molecule has 0 aliphatic carbocycles. The Kier molecular flexibility index (Phi) is 3.89. The molecule has 3 rings (SSSR count). The Morgan fingerprint density at radius 3 is 2.33 bits per heavy atom. The maximum absolute atomic E-state index is 5.88. The number of nitrogens with zero attached hydrogens (tertiary/aromatic N) is 1. The fourth-order valence-electron chi connectivity index (χ4n) is 1.96. The Labute approximate surface area is 128 Å². The standard InChI is InChI=1S/C18H14ClNO/c1-13-2-8-16(9-3-13)20-12-17-10-11-18(21-17)14-4-6-15(19)7-5-14/h2-12H,1H3. The molecular formula is C18H14ClNO. The smallest absolute Gasteiger partial charge is 0.145 e. The number of halogens is 1. The molecule has 2 aromatic carbocycles. The first-order valence-corrected chi connectivity index (χ1v) is 7.05. The van der Waals surface area contributed by atoms with Crippen molar-refractivity contribution in [3.63, 3.8) is 0 Å². The minimum atomic E-state index is 0.714. The summed E-state index contributed by atoms with van der Waals surface area (Å²) in [6, 6.07) is 19.4. The van der Waals surface area contributed by atoms with Gasteiger partial charge in [-0.2, -0.15) is 0 Å².